The van der Waals surface area contributed by atoms with E-state index in [-0.39, 0.29) is 11.8 Å². The molecule has 0 aromatic heterocycles. The molecule has 2 bridgehead atoms. The molecule has 4 rings (SSSR count). The average Bonchev–Trinajstić information content (AvgIpc) is 2.47. The fourth-order valence-corrected chi connectivity index (χ4v) is 5.15. The second kappa shape index (κ2) is 4.60. The summed E-state index contributed by atoms with van der Waals surface area (Å²) in [5.74, 6) is 0.570. The van der Waals surface area contributed by atoms with Gasteiger partial charge >= 0.3 is 0 Å². The molecule has 1 heterocycles. The van der Waals surface area contributed by atoms with Crippen molar-refractivity contribution in [2.75, 3.05) is 13.7 Å². The molecular formula is C17H23NO4. The molecule has 3 aliphatic rings. The van der Waals surface area contributed by atoms with Gasteiger partial charge in [0.15, 0.2) is 11.5 Å². The van der Waals surface area contributed by atoms with Gasteiger partial charge in [-0.1, -0.05) is 6.07 Å². The number of piperidine rings is 1. The van der Waals surface area contributed by atoms with Gasteiger partial charge in [-0.05, 0) is 50.3 Å². The summed E-state index contributed by atoms with van der Waals surface area (Å²) in [5.41, 5.74) is 0.341. The summed E-state index contributed by atoms with van der Waals surface area (Å²) in [4.78, 5) is 0. The molecule has 2 aliphatic carbocycles. The first kappa shape index (κ1) is 14.3. The number of aliphatic hydroxyl groups excluding tert-OH is 1. The summed E-state index contributed by atoms with van der Waals surface area (Å²) < 4.78 is 5.28. The van der Waals surface area contributed by atoms with Crippen LogP contribution in [0.4, 0.5) is 0 Å². The topological polar surface area (TPSA) is 82.0 Å². The second-order valence-electron chi connectivity index (χ2n) is 7.01. The van der Waals surface area contributed by atoms with Gasteiger partial charge in [0.25, 0.3) is 0 Å². The van der Waals surface area contributed by atoms with Crippen LogP contribution in [0.2, 0.25) is 0 Å². The quantitative estimate of drug-likeness (QED) is 0.618. The largest absolute Gasteiger partial charge is 0.504 e. The standard InChI is InChI=1S/C17H23NO4/c1-22-12-3-2-10-8-13-17(21)5-4-11(19)9-16(17,6-7-18-13)14(10)15(12)20/h2-3,11,13,18-21H,4-9H2,1H3/t11-,13+,16+,17-/m1/s1. The van der Waals surface area contributed by atoms with Crippen LogP contribution in [0.25, 0.3) is 0 Å². The van der Waals surface area contributed by atoms with Crippen molar-refractivity contribution < 1.29 is 20.1 Å². The second-order valence-corrected chi connectivity index (χ2v) is 7.01. The van der Waals surface area contributed by atoms with Crippen LogP contribution in [0.5, 0.6) is 11.5 Å². The van der Waals surface area contributed by atoms with E-state index >= 15 is 0 Å². The van der Waals surface area contributed by atoms with Crippen molar-refractivity contribution in [1.82, 2.24) is 5.32 Å². The molecule has 1 saturated carbocycles. The normalized spacial score (nSPS) is 39.8. The third-order valence-electron chi connectivity index (χ3n) is 6.14. The number of rotatable bonds is 1. The zero-order chi connectivity index (χ0) is 15.5. The number of nitrogens with one attached hydrogen (secondary N) is 1. The van der Waals surface area contributed by atoms with Crippen LogP contribution in [0.1, 0.15) is 36.8 Å². The van der Waals surface area contributed by atoms with Crippen molar-refractivity contribution in [3.63, 3.8) is 0 Å². The lowest BCUT2D eigenvalue weighted by Crippen LogP contribution is -2.72. The Kier molecular flexibility index (Phi) is 2.99. The minimum absolute atomic E-state index is 0.0194. The molecule has 1 aromatic carbocycles. The van der Waals surface area contributed by atoms with Gasteiger partial charge in [-0.3, -0.25) is 0 Å². The van der Waals surface area contributed by atoms with E-state index in [0.717, 1.165) is 17.7 Å². The van der Waals surface area contributed by atoms with E-state index in [2.05, 4.69) is 5.32 Å². The summed E-state index contributed by atoms with van der Waals surface area (Å²) in [6.07, 6.45) is 2.63. The van der Waals surface area contributed by atoms with Crippen molar-refractivity contribution in [3.05, 3.63) is 23.3 Å². The van der Waals surface area contributed by atoms with Crippen LogP contribution in [0.3, 0.4) is 0 Å². The van der Waals surface area contributed by atoms with Gasteiger partial charge in [0.1, 0.15) is 0 Å². The number of methoxy groups -OCH3 is 1. The van der Waals surface area contributed by atoms with Gasteiger partial charge in [0, 0.05) is 17.0 Å². The SMILES string of the molecule is COc1ccc2c(c1O)[C@@]13CCN[C@@H](C2)[C@]1(O)CC[C@@H](O)C3. The molecule has 2 fully saturated rings. The predicted molar refractivity (Wildman–Crippen MR) is 81.3 cm³/mol. The number of hydrogen-bond acceptors (Lipinski definition) is 5. The lowest BCUT2D eigenvalue weighted by atomic mass is 9.49. The minimum Gasteiger partial charge on any atom is -0.504 e. The zero-order valence-corrected chi connectivity index (χ0v) is 12.8. The number of phenolic OH excluding ortho intramolecular Hbond substituents is 1. The summed E-state index contributed by atoms with van der Waals surface area (Å²) in [6, 6.07) is 3.74. The van der Waals surface area contributed by atoms with Crippen molar-refractivity contribution in [1.29, 1.82) is 0 Å². The Bertz CT molecular complexity index is 619. The fraction of sp³-hybridized carbons (Fsp3) is 0.647. The molecule has 0 spiro atoms. The van der Waals surface area contributed by atoms with E-state index in [4.69, 9.17) is 4.74 Å². The molecule has 1 aromatic rings. The highest BCUT2D eigenvalue weighted by molar-refractivity contribution is 5.58. The number of aromatic hydroxyl groups is 1. The van der Waals surface area contributed by atoms with E-state index in [1.165, 1.54) is 7.11 Å². The predicted octanol–water partition coefficient (Wildman–Crippen LogP) is 0.833. The summed E-state index contributed by atoms with van der Waals surface area (Å²) in [6.45, 7) is 0.787. The molecule has 5 nitrogen and oxygen atoms in total. The summed E-state index contributed by atoms with van der Waals surface area (Å²) in [7, 11) is 1.54. The Morgan fingerprint density at radius 2 is 2.14 bits per heavy atom. The summed E-state index contributed by atoms with van der Waals surface area (Å²) in [5, 5.41) is 35.9. The van der Waals surface area contributed by atoms with Crippen molar-refractivity contribution in [2.45, 2.75) is 55.3 Å². The molecule has 0 unspecified atom stereocenters. The summed E-state index contributed by atoms with van der Waals surface area (Å²) >= 11 is 0. The number of benzene rings is 1. The van der Waals surface area contributed by atoms with Gasteiger partial charge in [0.05, 0.1) is 18.8 Å². The number of aliphatic hydroxyl groups is 2. The van der Waals surface area contributed by atoms with Gasteiger partial charge < -0.3 is 25.4 Å². The van der Waals surface area contributed by atoms with Crippen molar-refractivity contribution in [2.24, 2.45) is 0 Å². The van der Waals surface area contributed by atoms with Crippen LogP contribution in [-0.4, -0.2) is 46.7 Å². The van der Waals surface area contributed by atoms with E-state index < -0.39 is 17.1 Å². The number of hydrogen-bond donors (Lipinski definition) is 4. The van der Waals surface area contributed by atoms with Crippen molar-refractivity contribution >= 4 is 0 Å². The van der Waals surface area contributed by atoms with Crippen molar-refractivity contribution in [3.8, 4) is 11.5 Å². The van der Waals surface area contributed by atoms with Crippen LogP contribution < -0.4 is 10.1 Å². The Hall–Kier alpha value is -1.30. The monoisotopic (exact) mass is 305 g/mol. The zero-order valence-electron chi connectivity index (χ0n) is 12.8. The highest BCUT2D eigenvalue weighted by atomic mass is 16.5. The third-order valence-corrected chi connectivity index (χ3v) is 6.14. The molecule has 0 amide bonds. The first-order valence-corrected chi connectivity index (χ1v) is 8.05. The highest BCUT2D eigenvalue weighted by Gasteiger charge is 2.63. The Labute approximate surface area is 129 Å². The van der Waals surface area contributed by atoms with Gasteiger partial charge in [-0.25, -0.2) is 0 Å². The lowest BCUT2D eigenvalue weighted by Gasteiger charge is -2.61. The first-order valence-electron chi connectivity index (χ1n) is 8.05. The lowest BCUT2D eigenvalue weighted by molar-refractivity contribution is -0.146. The molecule has 22 heavy (non-hydrogen) atoms. The van der Waals surface area contributed by atoms with E-state index in [0.29, 0.717) is 37.9 Å². The molecule has 5 heteroatoms. The third kappa shape index (κ3) is 1.59. The maximum atomic E-state index is 11.5. The van der Waals surface area contributed by atoms with Gasteiger partial charge in [-0.15, -0.1) is 0 Å². The molecule has 4 atom stereocenters. The maximum Gasteiger partial charge on any atom is 0.161 e. The van der Waals surface area contributed by atoms with E-state index in [1.54, 1.807) is 6.07 Å². The van der Waals surface area contributed by atoms with Crippen LogP contribution in [-0.2, 0) is 11.8 Å². The maximum absolute atomic E-state index is 11.5. The number of ether oxygens (including phenoxy) is 1. The average molecular weight is 305 g/mol. The molecule has 0 radical (unpaired) electrons. The molecule has 1 aliphatic heterocycles. The van der Waals surface area contributed by atoms with E-state index in [1.807, 2.05) is 6.07 Å². The van der Waals surface area contributed by atoms with Crippen LogP contribution in [0, 0.1) is 0 Å². The Morgan fingerprint density at radius 1 is 1.32 bits per heavy atom. The van der Waals surface area contributed by atoms with Crippen LogP contribution in [0.15, 0.2) is 12.1 Å². The smallest absolute Gasteiger partial charge is 0.161 e. The number of phenols is 1. The Morgan fingerprint density at radius 3 is 2.91 bits per heavy atom. The highest BCUT2D eigenvalue weighted by Crippen LogP contribution is 2.59. The van der Waals surface area contributed by atoms with E-state index in [9.17, 15) is 15.3 Å². The van der Waals surface area contributed by atoms with Gasteiger partial charge in [0.2, 0.25) is 0 Å². The minimum atomic E-state index is -0.915. The Balaban J connectivity index is 1.98. The molecule has 4 N–H and O–H groups in total. The van der Waals surface area contributed by atoms with Crippen LogP contribution >= 0.6 is 0 Å². The molecular weight excluding hydrogens is 282 g/mol. The molecule has 1 saturated heterocycles. The fourth-order valence-electron chi connectivity index (χ4n) is 5.15. The molecule has 120 valence electrons. The number of fused-ring (bicyclic) bond motifs is 1. The van der Waals surface area contributed by atoms with Gasteiger partial charge in [-0.2, -0.15) is 0 Å². The first-order chi connectivity index (χ1) is 10.5.